The molecule has 1 aliphatic rings. The summed E-state index contributed by atoms with van der Waals surface area (Å²) in [6, 6.07) is 0. The lowest BCUT2D eigenvalue weighted by molar-refractivity contribution is -0.127. The maximum absolute atomic E-state index is 12.2. The quantitative estimate of drug-likeness (QED) is 0.772. The predicted molar refractivity (Wildman–Crippen MR) is 77.8 cm³/mol. The SMILES string of the molecule is CC(C)(C)CC(Cl)CNC(=O)C1CCCC1(C)C. The molecule has 0 saturated heterocycles. The maximum Gasteiger partial charge on any atom is 0.223 e. The van der Waals surface area contributed by atoms with Gasteiger partial charge in [0, 0.05) is 12.5 Å². The Morgan fingerprint density at radius 3 is 2.50 bits per heavy atom. The van der Waals surface area contributed by atoms with Gasteiger partial charge in [-0.25, -0.2) is 0 Å². The van der Waals surface area contributed by atoms with Crippen LogP contribution in [-0.4, -0.2) is 17.8 Å². The Labute approximate surface area is 117 Å². The first-order valence-electron chi connectivity index (χ1n) is 7.04. The second-order valence-electron chi connectivity index (χ2n) is 7.54. The summed E-state index contributed by atoms with van der Waals surface area (Å²) >= 11 is 6.27. The zero-order chi connectivity index (χ0) is 14.0. The lowest BCUT2D eigenvalue weighted by Crippen LogP contribution is -2.39. The first kappa shape index (κ1) is 15.8. The van der Waals surface area contributed by atoms with E-state index >= 15 is 0 Å². The monoisotopic (exact) mass is 273 g/mol. The fraction of sp³-hybridized carbons (Fsp3) is 0.933. The van der Waals surface area contributed by atoms with E-state index in [9.17, 15) is 4.79 Å². The predicted octanol–water partition coefficient (Wildman–Crippen LogP) is 3.97. The molecular weight excluding hydrogens is 246 g/mol. The Balaban J connectivity index is 2.38. The number of hydrogen-bond donors (Lipinski definition) is 1. The molecule has 0 aromatic rings. The van der Waals surface area contributed by atoms with Crippen molar-refractivity contribution in [1.82, 2.24) is 5.32 Å². The van der Waals surface area contributed by atoms with Crippen molar-refractivity contribution in [3.8, 4) is 0 Å². The highest BCUT2D eigenvalue weighted by Gasteiger charge is 2.39. The number of carbonyl (C=O) groups is 1. The average molecular weight is 274 g/mol. The normalized spacial score (nSPS) is 24.9. The highest BCUT2D eigenvalue weighted by molar-refractivity contribution is 6.20. The standard InChI is InChI=1S/C15H28ClNO/c1-14(2,3)9-11(16)10-17-13(18)12-7-6-8-15(12,4)5/h11-12H,6-10H2,1-5H3,(H,17,18). The molecule has 0 radical (unpaired) electrons. The van der Waals surface area contributed by atoms with Crippen LogP contribution in [0.15, 0.2) is 0 Å². The number of halogens is 1. The molecule has 1 saturated carbocycles. The van der Waals surface area contributed by atoms with Gasteiger partial charge in [-0.05, 0) is 30.1 Å². The fourth-order valence-corrected chi connectivity index (χ4v) is 3.42. The van der Waals surface area contributed by atoms with Crippen LogP contribution in [0.5, 0.6) is 0 Å². The van der Waals surface area contributed by atoms with Gasteiger partial charge in [-0.1, -0.05) is 41.0 Å². The van der Waals surface area contributed by atoms with Crippen molar-refractivity contribution < 1.29 is 4.79 Å². The minimum Gasteiger partial charge on any atom is -0.354 e. The second kappa shape index (κ2) is 5.81. The summed E-state index contributed by atoms with van der Waals surface area (Å²) in [6.45, 7) is 11.5. The van der Waals surface area contributed by atoms with E-state index in [2.05, 4.69) is 39.9 Å². The van der Waals surface area contributed by atoms with Crippen LogP contribution in [0.3, 0.4) is 0 Å². The lowest BCUT2D eigenvalue weighted by Gasteiger charge is -2.27. The number of rotatable bonds is 4. The van der Waals surface area contributed by atoms with Crippen LogP contribution in [0, 0.1) is 16.7 Å². The van der Waals surface area contributed by atoms with Gasteiger partial charge in [0.05, 0.1) is 5.38 Å². The van der Waals surface area contributed by atoms with E-state index in [0.29, 0.717) is 6.54 Å². The van der Waals surface area contributed by atoms with Crippen molar-refractivity contribution in [1.29, 1.82) is 0 Å². The van der Waals surface area contributed by atoms with Crippen molar-refractivity contribution >= 4 is 17.5 Å². The summed E-state index contributed by atoms with van der Waals surface area (Å²) in [5.74, 6) is 0.355. The fourth-order valence-electron chi connectivity index (χ4n) is 2.88. The summed E-state index contributed by atoms with van der Waals surface area (Å²) < 4.78 is 0. The first-order chi connectivity index (χ1) is 8.12. The van der Waals surface area contributed by atoms with Gasteiger partial charge in [0.25, 0.3) is 0 Å². The van der Waals surface area contributed by atoms with Crippen molar-refractivity contribution in [2.24, 2.45) is 16.7 Å². The van der Waals surface area contributed by atoms with Gasteiger partial charge < -0.3 is 5.32 Å². The summed E-state index contributed by atoms with van der Waals surface area (Å²) in [6.07, 6.45) is 4.25. The summed E-state index contributed by atoms with van der Waals surface area (Å²) in [4.78, 5) is 12.2. The van der Waals surface area contributed by atoms with Crippen molar-refractivity contribution in [2.45, 2.75) is 65.7 Å². The third-order valence-corrected chi connectivity index (χ3v) is 4.21. The molecule has 0 heterocycles. The molecule has 1 fully saturated rings. The molecule has 106 valence electrons. The molecule has 0 aliphatic heterocycles. The largest absolute Gasteiger partial charge is 0.354 e. The smallest absolute Gasteiger partial charge is 0.223 e. The minimum atomic E-state index is 0.0264. The number of amides is 1. The van der Waals surface area contributed by atoms with E-state index in [1.807, 2.05) is 0 Å². The van der Waals surface area contributed by atoms with Crippen molar-refractivity contribution in [3.63, 3.8) is 0 Å². The van der Waals surface area contributed by atoms with Crippen LogP contribution in [-0.2, 0) is 4.79 Å². The summed E-state index contributed by atoms with van der Waals surface area (Å²) in [7, 11) is 0. The van der Waals surface area contributed by atoms with Crippen molar-refractivity contribution in [2.75, 3.05) is 6.54 Å². The van der Waals surface area contributed by atoms with Crippen LogP contribution < -0.4 is 5.32 Å². The molecule has 1 aliphatic carbocycles. The Bertz CT molecular complexity index is 293. The molecular formula is C15H28ClNO. The van der Waals surface area contributed by atoms with Gasteiger partial charge in [-0.3, -0.25) is 4.79 Å². The van der Waals surface area contributed by atoms with Crippen molar-refractivity contribution in [3.05, 3.63) is 0 Å². The Morgan fingerprint density at radius 2 is 2.06 bits per heavy atom. The van der Waals surface area contributed by atoms with E-state index < -0.39 is 0 Å². The molecule has 0 aromatic carbocycles. The van der Waals surface area contributed by atoms with Gasteiger partial charge in [-0.15, -0.1) is 11.6 Å². The van der Waals surface area contributed by atoms with Crippen LogP contribution in [0.25, 0.3) is 0 Å². The molecule has 2 unspecified atom stereocenters. The van der Waals surface area contributed by atoms with Gasteiger partial charge in [0.2, 0.25) is 5.91 Å². The molecule has 2 atom stereocenters. The van der Waals surface area contributed by atoms with E-state index in [4.69, 9.17) is 11.6 Å². The molecule has 2 nitrogen and oxygen atoms in total. The van der Waals surface area contributed by atoms with Crippen LogP contribution in [0.2, 0.25) is 0 Å². The number of nitrogens with one attached hydrogen (secondary N) is 1. The van der Waals surface area contributed by atoms with Gasteiger partial charge >= 0.3 is 0 Å². The molecule has 0 bridgehead atoms. The molecule has 0 spiro atoms. The Kier molecular flexibility index (Phi) is 5.11. The Morgan fingerprint density at radius 1 is 1.44 bits per heavy atom. The molecule has 3 heteroatoms. The van der Waals surface area contributed by atoms with Crippen LogP contribution in [0.4, 0.5) is 0 Å². The molecule has 0 aromatic heterocycles. The molecule has 18 heavy (non-hydrogen) atoms. The molecule has 1 amide bonds. The average Bonchev–Trinajstić information content (AvgIpc) is 2.52. The van der Waals surface area contributed by atoms with Gasteiger partial charge in [0.1, 0.15) is 0 Å². The minimum absolute atomic E-state index is 0.0264. The zero-order valence-corrected chi connectivity index (χ0v) is 13.2. The van der Waals surface area contributed by atoms with Crippen LogP contribution in [0.1, 0.15) is 60.3 Å². The second-order valence-corrected chi connectivity index (χ2v) is 8.16. The number of hydrogen-bond acceptors (Lipinski definition) is 1. The van der Waals surface area contributed by atoms with Gasteiger partial charge in [-0.2, -0.15) is 0 Å². The van der Waals surface area contributed by atoms with E-state index in [-0.39, 0.29) is 28.0 Å². The topological polar surface area (TPSA) is 29.1 Å². The first-order valence-corrected chi connectivity index (χ1v) is 7.47. The third kappa shape index (κ3) is 4.79. The zero-order valence-electron chi connectivity index (χ0n) is 12.5. The Hall–Kier alpha value is -0.240. The lowest BCUT2D eigenvalue weighted by atomic mass is 9.81. The molecule has 1 N–H and O–H groups in total. The van der Waals surface area contributed by atoms with E-state index in [1.165, 1.54) is 0 Å². The summed E-state index contributed by atoms with van der Waals surface area (Å²) in [5, 5.41) is 3.06. The van der Waals surface area contributed by atoms with E-state index in [0.717, 1.165) is 25.7 Å². The number of alkyl halides is 1. The highest BCUT2D eigenvalue weighted by atomic mass is 35.5. The third-order valence-electron chi connectivity index (χ3n) is 3.91. The summed E-state index contributed by atoms with van der Waals surface area (Å²) in [5.41, 5.74) is 0.361. The molecule has 1 rings (SSSR count). The maximum atomic E-state index is 12.2. The van der Waals surface area contributed by atoms with E-state index in [1.54, 1.807) is 0 Å². The highest BCUT2D eigenvalue weighted by Crippen LogP contribution is 2.42. The van der Waals surface area contributed by atoms with Gasteiger partial charge in [0.15, 0.2) is 0 Å². The number of carbonyl (C=O) groups excluding carboxylic acids is 1. The van der Waals surface area contributed by atoms with Crippen LogP contribution >= 0.6 is 11.6 Å².